The maximum atomic E-state index is 11.6. The quantitative estimate of drug-likeness (QED) is 0.734. The molecule has 0 unspecified atom stereocenters. The van der Waals surface area contributed by atoms with E-state index < -0.39 is 0 Å². The van der Waals surface area contributed by atoms with Gasteiger partial charge in [0.15, 0.2) is 5.78 Å². The summed E-state index contributed by atoms with van der Waals surface area (Å²) in [7, 11) is 0. The second-order valence-corrected chi connectivity index (χ2v) is 4.39. The minimum atomic E-state index is 0.0699. The first-order valence-electron chi connectivity index (χ1n) is 6.07. The molecule has 0 radical (unpaired) electrons. The van der Waals surface area contributed by atoms with Gasteiger partial charge >= 0.3 is 0 Å². The molecule has 2 rings (SSSR count). The first-order chi connectivity index (χ1) is 8.13. The molecule has 0 saturated carbocycles. The third-order valence-electron chi connectivity index (χ3n) is 3.22. The Morgan fingerprint density at radius 1 is 1.35 bits per heavy atom. The monoisotopic (exact) mass is 231 g/mol. The Morgan fingerprint density at radius 2 is 2.12 bits per heavy atom. The normalized spacial score (nSPS) is 14.4. The fraction of sp³-hybridized carbons (Fsp3) is 0.429. The summed E-state index contributed by atoms with van der Waals surface area (Å²) in [6.45, 7) is 4.23. The fourth-order valence-electron chi connectivity index (χ4n) is 2.30. The molecule has 1 aliphatic rings. The van der Waals surface area contributed by atoms with Gasteiger partial charge in [0.2, 0.25) is 5.91 Å². The largest absolute Gasteiger partial charge is 0.312 e. The lowest BCUT2D eigenvalue weighted by Crippen LogP contribution is -2.33. The molecule has 1 aromatic rings. The number of anilines is 1. The van der Waals surface area contributed by atoms with E-state index in [0.717, 1.165) is 36.2 Å². The summed E-state index contributed by atoms with van der Waals surface area (Å²) in [6.07, 6.45) is 2.44. The number of fused-ring (bicyclic) bond motifs is 1. The van der Waals surface area contributed by atoms with Gasteiger partial charge in [-0.1, -0.05) is 6.92 Å². The number of aryl methyl sites for hydroxylation is 1. The Balaban J connectivity index is 2.39. The van der Waals surface area contributed by atoms with Crippen molar-refractivity contribution < 1.29 is 9.59 Å². The number of hydrogen-bond donors (Lipinski definition) is 0. The first kappa shape index (κ1) is 11.8. The number of carbonyl (C=O) groups is 2. The standard InChI is InChI=1S/C14H17NO2/c1-3-14(17)12-6-7-13-11(9-12)5-4-8-15(13)10(2)16/h6-7,9H,3-5,8H2,1-2H3. The van der Waals surface area contributed by atoms with Crippen LogP contribution in [0.2, 0.25) is 0 Å². The maximum absolute atomic E-state index is 11.6. The Kier molecular flexibility index (Phi) is 3.27. The summed E-state index contributed by atoms with van der Waals surface area (Å²) in [5.74, 6) is 0.230. The number of amides is 1. The SMILES string of the molecule is CCC(=O)c1ccc2c(c1)CCCN2C(C)=O. The Hall–Kier alpha value is -1.64. The van der Waals surface area contributed by atoms with E-state index in [2.05, 4.69) is 0 Å². The molecule has 17 heavy (non-hydrogen) atoms. The minimum absolute atomic E-state index is 0.0699. The molecule has 0 fully saturated rings. The summed E-state index contributed by atoms with van der Waals surface area (Å²) >= 11 is 0. The lowest BCUT2D eigenvalue weighted by atomic mass is 9.97. The second-order valence-electron chi connectivity index (χ2n) is 4.39. The molecule has 1 amide bonds. The van der Waals surface area contributed by atoms with Crippen LogP contribution in [0.3, 0.4) is 0 Å². The van der Waals surface area contributed by atoms with Crippen molar-refractivity contribution in [2.75, 3.05) is 11.4 Å². The molecule has 1 aliphatic heterocycles. The number of rotatable bonds is 2. The second kappa shape index (κ2) is 4.70. The van der Waals surface area contributed by atoms with E-state index in [1.54, 1.807) is 11.8 Å². The van der Waals surface area contributed by atoms with Crippen molar-refractivity contribution in [2.24, 2.45) is 0 Å². The van der Waals surface area contributed by atoms with Crippen molar-refractivity contribution in [1.82, 2.24) is 0 Å². The van der Waals surface area contributed by atoms with Gasteiger partial charge < -0.3 is 4.90 Å². The molecule has 1 aromatic carbocycles. The van der Waals surface area contributed by atoms with Crippen molar-refractivity contribution in [3.63, 3.8) is 0 Å². The van der Waals surface area contributed by atoms with Gasteiger partial charge in [0, 0.05) is 31.1 Å². The molecular formula is C14H17NO2. The highest BCUT2D eigenvalue weighted by Crippen LogP contribution is 2.28. The predicted octanol–water partition coefficient (Wildman–Crippen LogP) is 2.58. The average molecular weight is 231 g/mol. The zero-order valence-electron chi connectivity index (χ0n) is 10.3. The highest BCUT2D eigenvalue weighted by atomic mass is 16.2. The van der Waals surface area contributed by atoms with Gasteiger partial charge in [-0.3, -0.25) is 9.59 Å². The van der Waals surface area contributed by atoms with E-state index >= 15 is 0 Å². The van der Waals surface area contributed by atoms with Crippen LogP contribution in [0.25, 0.3) is 0 Å². The highest BCUT2D eigenvalue weighted by Gasteiger charge is 2.20. The Bertz CT molecular complexity index is 465. The number of hydrogen-bond acceptors (Lipinski definition) is 2. The summed E-state index contributed by atoms with van der Waals surface area (Å²) in [5.41, 5.74) is 2.85. The third kappa shape index (κ3) is 2.23. The Labute approximate surface area is 101 Å². The van der Waals surface area contributed by atoms with Gasteiger partial charge in [-0.2, -0.15) is 0 Å². The lowest BCUT2D eigenvalue weighted by molar-refractivity contribution is -0.116. The number of carbonyl (C=O) groups excluding carboxylic acids is 2. The van der Waals surface area contributed by atoms with Crippen LogP contribution in [0.4, 0.5) is 5.69 Å². The summed E-state index contributed by atoms with van der Waals surface area (Å²) in [6, 6.07) is 5.67. The summed E-state index contributed by atoms with van der Waals surface area (Å²) in [5, 5.41) is 0. The molecule has 0 N–H and O–H groups in total. The third-order valence-corrected chi connectivity index (χ3v) is 3.22. The van der Waals surface area contributed by atoms with Crippen LogP contribution < -0.4 is 4.90 Å². The van der Waals surface area contributed by atoms with Gasteiger partial charge in [-0.15, -0.1) is 0 Å². The molecular weight excluding hydrogens is 214 g/mol. The topological polar surface area (TPSA) is 37.4 Å². The number of Topliss-reactive ketones (excluding diaryl/α,β-unsaturated/α-hetero) is 1. The van der Waals surface area contributed by atoms with Crippen molar-refractivity contribution in [2.45, 2.75) is 33.1 Å². The van der Waals surface area contributed by atoms with E-state index in [9.17, 15) is 9.59 Å². The molecule has 0 bridgehead atoms. The van der Waals surface area contributed by atoms with E-state index in [0.29, 0.717) is 6.42 Å². The molecule has 0 aromatic heterocycles. The number of benzene rings is 1. The molecule has 3 heteroatoms. The minimum Gasteiger partial charge on any atom is -0.312 e. The van der Waals surface area contributed by atoms with E-state index in [1.807, 2.05) is 25.1 Å². The van der Waals surface area contributed by atoms with Crippen molar-refractivity contribution in [1.29, 1.82) is 0 Å². The Morgan fingerprint density at radius 3 is 2.76 bits per heavy atom. The molecule has 90 valence electrons. The van der Waals surface area contributed by atoms with Crippen molar-refractivity contribution in [3.05, 3.63) is 29.3 Å². The first-order valence-corrected chi connectivity index (χ1v) is 6.07. The fourth-order valence-corrected chi connectivity index (χ4v) is 2.30. The number of ketones is 1. The zero-order chi connectivity index (χ0) is 12.4. The van der Waals surface area contributed by atoms with E-state index in [4.69, 9.17) is 0 Å². The van der Waals surface area contributed by atoms with Gasteiger partial charge in [0.05, 0.1) is 0 Å². The summed E-state index contributed by atoms with van der Waals surface area (Å²) < 4.78 is 0. The maximum Gasteiger partial charge on any atom is 0.223 e. The van der Waals surface area contributed by atoms with Crippen LogP contribution >= 0.6 is 0 Å². The van der Waals surface area contributed by atoms with Gasteiger partial charge in [0.25, 0.3) is 0 Å². The van der Waals surface area contributed by atoms with Gasteiger partial charge in [0.1, 0.15) is 0 Å². The van der Waals surface area contributed by atoms with Crippen LogP contribution in [-0.4, -0.2) is 18.2 Å². The van der Waals surface area contributed by atoms with Crippen LogP contribution in [0.5, 0.6) is 0 Å². The van der Waals surface area contributed by atoms with Crippen LogP contribution in [-0.2, 0) is 11.2 Å². The smallest absolute Gasteiger partial charge is 0.223 e. The van der Waals surface area contributed by atoms with E-state index in [1.165, 1.54) is 0 Å². The predicted molar refractivity (Wildman–Crippen MR) is 67.4 cm³/mol. The van der Waals surface area contributed by atoms with Crippen molar-refractivity contribution in [3.8, 4) is 0 Å². The van der Waals surface area contributed by atoms with E-state index in [-0.39, 0.29) is 11.7 Å². The van der Waals surface area contributed by atoms with Gasteiger partial charge in [-0.05, 0) is 36.6 Å². The molecule has 0 aliphatic carbocycles. The molecule has 1 heterocycles. The van der Waals surface area contributed by atoms with Crippen LogP contribution in [0.15, 0.2) is 18.2 Å². The van der Waals surface area contributed by atoms with Crippen LogP contribution in [0, 0.1) is 0 Å². The zero-order valence-corrected chi connectivity index (χ0v) is 10.3. The lowest BCUT2D eigenvalue weighted by Gasteiger charge is -2.28. The molecule has 0 saturated heterocycles. The van der Waals surface area contributed by atoms with Crippen LogP contribution in [0.1, 0.15) is 42.6 Å². The summed E-state index contributed by atoms with van der Waals surface area (Å²) in [4.78, 5) is 24.9. The molecule has 3 nitrogen and oxygen atoms in total. The highest BCUT2D eigenvalue weighted by molar-refractivity contribution is 5.98. The molecule has 0 spiro atoms. The number of nitrogens with zero attached hydrogens (tertiary/aromatic N) is 1. The molecule has 0 atom stereocenters. The van der Waals surface area contributed by atoms with Crippen molar-refractivity contribution >= 4 is 17.4 Å². The average Bonchev–Trinajstić information content (AvgIpc) is 2.36. The van der Waals surface area contributed by atoms with Gasteiger partial charge in [-0.25, -0.2) is 0 Å².